The Bertz CT molecular complexity index is 462. The Morgan fingerprint density at radius 1 is 1.10 bits per heavy atom. The van der Waals surface area contributed by atoms with Crippen molar-refractivity contribution in [2.75, 3.05) is 26.2 Å². The minimum atomic E-state index is 0.198. The molecule has 20 heavy (non-hydrogen) atoms. The summed E-state index contributed by atoms with van der Waals surface area (Å²) < 4.78 is 1.03. The van der Waals surface area contributed by atoms with Gasteiger partial charge in [-0.2, -0.15) is 0 Å². The third-order valence-electron chi connectivity index (χ3n) is 4.48. The maximum absolute atomic E-state index is 12.4. The summed E-state index contributed by atoms with van der Waals surface area (Å²) >= 11 is 4.96. The van der Waals surface area contributed by atoms with Gasteiger partial charge < -0.3 is 4.90 Å². The zero-order chi connectivity index (χ0) is 13.9. The number of amides is 1. The fourth-order valence-corrected chi connectivity index (χ4v) is 4.68. The molecule has 0 aromatic carbocycles. The first-order valence-corrected chi connectivity index (χ1v) is 9.13. The Hall–Kier alpha value is -0.390. The Balaban J connectivity index is 1.54. The van der Waals surface area contributed by atoms with Gasteiger partial charge in [0.25, 0.3) is 5.91 Å². The first-order valence-electron chi connectivity index (χ1n) is 7.53. The summed E-state index contributed by atoms with van der Waals surface area (Å²) in [5, 5.41) is 0. The number of carbonyl (C=O) groups excluding carboxylic acids is 1. The molecule has 5 heteroatoms. The Morgan fingerprint density at radius 2 is 1.80 bits per heavy atom. The van der Waals surface area contributed by atoms with E-state index >= 15 is 0 Å². The smallest absolute Gasteiger partial charge is 0.264 e. The van der Waals surface area contributed by atoms with Crippen LogP contribution in [0, 0.1) is 0 Å². The van der Waals surface area contributed by atoms with Crippen LogP contribution in [0.25, 0.3) is 0 Å². The van der Waals surface area contributed by atoms with Crippen LogP contribution in [0.2, 0.25) is 0 Å². The average molecular weight is 357 g/mol. The highest BCUT2D eigenvalue weighted by molar-refractivity contribution is 9.11. The number of rotatable bonds is 2. The van der Waals surface area contributed by atoms with Crippen molar-refractivity contribution in [1.29, 1.82) is 0 Å². The van der Waals surface area contributed by atoms with E-state index in [4.69, 9.17) is 0 Å². The van der Waals surface area contributed by atoms with Crippen molar-refractivity contribution >= 4 is 33.2 Å². The molecule has 3 nitrogen and oxygen atoms in total. The maximum atomic E-state index is 12.4. The standard InChI is InChI=1S/C15H21BrN2OS/c16-14-7-6-13(20-14)15(19)18-10-8-17(9-11-18)12-4-2-1-3-5-12/h6-7,12H,1-5,8-11H2. The average Bonchev–Trinajstić information content (AvgIpc) is 2.94. The van der Waals surface area contributed by atoms with Crippen molar-refractivity contribution in [1.82, 2.24) is 9.80 Å². The van der Waals surface area contributed by atoms with Gasteiger partial charge in [0, 0.05) is 32.2 Å². The van der Waals surface area contributed by atoms with Crippen molar-refractivity contribution < 1.29 is 4.79 Å². The summed E-state index contributed by atoms with van der Waals surface area (Å²) in [6.07, 6.45) is 6.87. The molecule has 1 saturated heterocycles. The van der Waals surface area contributed by atoms with Crippen LogP contribution < -0.4 is 0 Å². The van der Waals surface area contributed by atoms with Crippen molar-refractivity contribution in [2.24, 2.45) is 0 Å². The van der Waals surface area contributed by atoms with Crippen LogP contribution in [0.3, 0.4) is 0 Å². The molecule has 3 rings (SSSR count). The summed E-state index contributed by atoms with van der Waals surface area (Å²) in [6, 6.07) is 4.65. The first-order chi connectivity index (χ1) is 9.74. The van der Waals surface area contributed by atoms with Gasteiger partial charge in [-0.1, -0.05) is 19.3 Å². The van der Waals surface area contributed by atoms with Gasteiger partial charge in [-0.05, 0) is 40.9 Å². The van der Waals surface area contributed by atoms with Gasteiger partial charge >= 0.3 is 0 Å². The minimum absolute atomic E-state index is 0.198. The van der Waals surface area contributed by atoms with Crippen molar-refractivity contribution in [3.8, 4) is 0 Å². The van der Waals surface area contributed by atoms with E-state index < -0.39 is 0 Å². The molecule has 1 aliphatic carbocycles. The fourth-order valence-electron chi connectivity index (χ4n) is 3.32. The molecule has 0 bridgehead atoms. The monoisotopic (exact) mass is 356 g/mol. The van der Waals surface area contributed by atoms with Gasteiger partial charge in [-0.15, -0.1) is 11.3 Å². The van der Waals surface area contributed by atoms with Gasteiger partial charge in [-0.3, -0.25) is 9.69 Å². The topological polar surface area (TPSA) is 23.6 Å². The van der Waals surface area contributed by atoms with E-state index in [9.17, 15) is 4.79 Å². The molecule has 0 unspecified atom stereocenters. The summed E-state index contributed by atoms with van der Waals surface area (Å²) in [4.78, 5) is 17.9. The number of piperazine rings is 1. The largest absolute Gasteiger partial charge is 0.335 e. The highest BCUT2D eigenvalue weighted by Crippen LogP contribution is 2.26. The molecule has 1 saturated carbocycles. The molecule has 110 valence electrons. The lowest BCUT2D eigenvalue weighted by atomic mass is 9.94. The summed E-state index contributed by atoms with van der Waals surface area (Å²) in [5.41, 5.74) is 0. The van der Waals surface area contributed by atoms with Crippen LogP contribution in [0.1, 0.15) is 41.8 Å². The van der Waals surface area contributed by atoms with Crippen LogP contribution in [0.15, 0.2) is 15.9 Å². The van der Waals surface area contributed by atoms with E-state index in [0.717, 1.165) is 40.9 Å². The summed E-state index contributed by atoms with van der Waals surface area (Å²) in [7, 11) is 0. The molecule has 1 amide bonds. The Morgan fingerprint density at radius 3 is 2.40 bits per heavy atom. The molecule has 1 aromatic heterocycles. The lowest BCUT2D eigenvalue weighted by Gasteiger charge is -2.40. The van der Waals surface area contributed by atoms with Crippen LogP contribution >= 0.6 is 27.3 Å². The molecular formula is C15H21BrN2OS. The molecule has 1 aliphatic heterocycles. The second kappa shape index (κ2) is 6.58. The van der Waals surface area contributed by atoms with Gasteiger partial charge in [0.15, 0.2) is 0 Å². The SMILES string of the molecule is O=C(c1ccc(Br)s1)N1CCN(C2CCCCC2)CC1. The lowest BCUT2D eigenvalue weighted by molar-refractivity contribution is 0.0527. The van der Waals surface area contributed by atoms with Crippen LogP contribution in [-0.4, -0.2) is 47.9 Å². The first kappa shape index (κ1) is 14.5. The van der Waals surface area contributed by atoms with E-state index in [1.54, 1.807) is 0 Å². The van der Waals surface area contributed by atoms with E-state index in [2.05, 4.69) is 20.8 Å². The third kappa shape index (κ3) is 3.26. The minimum Gasteiger partial charge on any atom is -0.335 e. The predicted octanol–water partition coefficient (Wildman–Crippen LogP) is 3.60. The maximum Gasteiger partial charge on any atom is 0.264 e. The summed E-state index contributed by atoms with van der Waals surface area (Å²) in [5.74, 6) is 0.198. The number of hydrogen-bond donors (Lipinski definition) is 0. The second-order valence-corrected chi connectivity index (χ2v) is 8.19. The second-order valence-electron chi connectivity index (χ2n) is 5.72. The molecule has 2 heterocycles. The van der Waals surface area contributed by atoms with E-state index in [0.29, 0.717) is 0 Å². The predicted molar refractivity (Wildman–Crippen MR) is 86.4 cm³/mol. The normalized spacial score (nSPS) is 22.1. The lowest BCUT2D eigenvalue weighted by Crippen LogP contribution is -2.52. The van der Waals surface area contributed by atoms with Crippen LogP contribution in [0.4, 0.5) is 0 Å². The highest BCUT2D eigenvalue weighted by Gasteiger charge is 2.27. The van der Waals surface area contributed by atoms with Crippen LogP contribution in [-0.2, 0) is 0 Å². The quantitative estimate of drug-likeness (QED) is 0.808. The number of hydrogen-bond acceptors (Lipinski definition) is 3. The third-order valence-corrected chi connectivity index (χ3v) is 6.09. The van der Waals surface area contributed by atoms with Crippen molar-refractivity contribution in [3.05, 3.63) is 20.8 Å². The summed E-state index contributed by atoms with van der Waals surface area (Å²) in [6.45, 7) is 3.85. The van der Waals surface area contributed by atoms with Gasteiger partial charge in [0.05, 0.1) is 8.66 Å². The fraction of sp³-hybridized carbons (Fsp3) is 0.667. The van der Waals surface area contributed by atoms with Crippen molar-refractivity contribution in [2.45, 2.75) is 38.1 Å². The molecule has 0 radical (unpaired) electrons. The molecule has 0 spiro atoms. The van der Waals surface area contributed by atoms with E-state index in [1.165, 1.54) is 43.4 Å². The number of nitrogens with zero attached hydrogens (tertiary/aromatic N) is 2. The molecule has 2 fully saturated rings. The molecular weight excluding hydrogens is 336 g/mol. The Labute approximate surface area is 133 Å². The number of carbonyl (C=O) groups is 1. The molecule has 0 N–H and O–H groups in total. The van der Waals surface area contributed by atoms with Gasteiger partial charge in [0.2, 0.25) is 0 Å². The molecule has 0 atom stereocenters. The zero-order valence-electron chi connectivity index (χ0n) is 11.7. The highest BCUT2D eigenvalue weighted by atomic mass is 79.9. The number of halogens is 1. The zero-order valence-corrected chi connectivity index (χ0v) is 14.1. The van der Waals surface area contributed by atoms with E-state index in [1.807, 2.05) is 17.0 Å². The number of thiophene rings is 1. The van der Waals surface area contributed by atoms with Crippen LogP contribution in [0.5, 0.6) is 0 Å². The van der Waals surface area contributed by atoms with E-state index in [-0.39, 0.29) is 5.91 Å². The molecule has 2 aliphatic rings. The van der Waals surface area contributed by atoms with Gasteiger partial charge in [-0.25, -0.2) is 0 Å². The Kier molecular flexibility index (Phi) is 4.79. The van der Waals surface area contributed by atoms with Gasteiger partial charge in [0.1, 0.15) is 0 Å². The van der Waals surface area contributed by atoms with Crippen molar-refractivity contribution in [3.63, 3.8) is 0 Å². The molecule has 1 aromatic rings.